The van der Waals surface area contributed by atoms with Crippen molar-refractivity contribution >= 4 is 11.9 Å². The van der Waals surface area contributed by atoms with Crippen molar-refractivity contribution in [3.8, 4) is 0 Å². The highest BCUT2D eigenvalue weighted by molar-refractivity contribution is 5.68. The van der Waals surface area contributed by atoms with Crippen LogP contribution in [0.3, 0.4) is 0 Å². The van der Waals surface area contributed by atoms with Crippen LogP contribution in [-0.4, -0.2) is 32.9 Å². The van der Waals surface area contributed by atoms with Gasteiger partial charge in [0.15, 0.2) is 0 Å². The summed E-state index contributed by atoms with van der Waals surface area (Å²) in [6.45, 7) is 15.5. The average molecular weight is 262 g/mol. The molecule has 0 unspecified atom stereocenters. The number of hydrogen-bond acceptors (Lipinski definition) is 3. The van der Waals surface area contributed by atoms with E-state index in [0.717, 1.165) is 5.69 Å². The molecule has 2 rings (SSSR count). The first-order valence-electron chi connectivity index (χ1n) is 6.24. The Morgan fingerprint density at radius 2 is 2.26 bits per heavy atom. The van der Waals surface area contributed by atoms with Gasteiger partial charge in [0.1, 0.15) is 5.60 Å². The summed E-state index contributed by atoms with van der Waals surface area (Å²) >= 11 is 0. The lowest BCUT2D eigenvalue weighted by Gasteiger charge is -2.32. The van der Waals surface area contributed by atoms with Gasteiger partial charge in [-0.2, -0.15) is 4.68 Å². The van der Waals surface area contributed by atoms with Crippen LogP contribution in [0.4, 0.5) is 10.6 Å². The topological polar surface area (TPSA) is 51.7 Å². The lowest BCUT2D eigenvalue weighted by atomic mass is 10.2. The maximum atomic E-state index is 12.1. The third kappa shape index (κ3) is 2.87. The van der Waals surface area contributed by atoms with Gasteiger partial charge < -0.3 is 14.5 Å². The first-order chi connectivity index (χ1) is 8.80. The molecule has 0 saturated carbocycles. The number of nitrogens with zero attached hydrogens (tertiary/aromatic N) is 4. The van der Waals surface area contributed by atoms with Crippen LogP contribution in [-0.2, 0) is 11.3 Å². The zero-order valence-corrected chi connectivity index (χ0v) is 11.7. The lowest BCUT2D eigenvalue weighted by Crippen LogP contribution is -2.43. The Morgan fingerprint density at radius 1 is 1.58 bits per heavy atom. The van der Waals surface area contributed by atoms with E-state index >= 15 is 0 Å². The third-order valence-electron chi connectivity index (χ3n) is 2.82. The van der Waals surface area contributed by atoms with Gasteiger partial charge in [-0.15, -0.1) is 0 Å². The van der Waals surface area contributed by atoms with Crippen LogP contribution in [0.25, 0.3) is 4.85 Å². The molecule has 1 atom stereocenters. The number of carbonyl (C=O) groups is 1. The minimum atomic E-state index is -0.500. The minimum Gasteiger partial charge on any atom is -0.444 e. The van der Waals surface area contributed by atoms with Crippen molar-refractivity contribution in [1.82, 2.24) is 14.7 Å². The summed E-state index contributed by atoms with van der Waals surface area (Å²) in [5.41, 5.74) is 0.371. The fraction of sp³-hybridized carbons (Fsp3) is 0.615. The largest absolute Gasteiger partial charge is 0.444 e. The number of hydrogen-bond donors (Lipinski definition) is 0. The van der Waals surface area contributed by atoms with Crippen molar-refractivity contribution in [2.75, 3.05) is 6.54 Å². The van der Waals surface area contributed by atoms with Gasteiger partial charge in [-0.25, -0.2) is 4.79 Å². The first-order valence-corrected chi connectivity index (χ1v) is 6.24. The molecule has 0 spiro atoms. The van der Waals surface area contributed by atoms with E-state index in [1.807, 2.05) is 32.4 Å². The Labute approximate surface area is 112 Å². The Balaban J connectivity index is 2.17. The molecule has 0 radical (unpaired) electrons. The van der Waals surface area contributed by atoms with Crippen molar-refractivity contribution < 1.29 is 9.53 Å². The maximum absolute atomic E-state index is 12.1. The van der Waals surface area contributed by atoms with Crippen LogP contribution in [0, 0.1) is 6.57 Å². The molecule has 19 heavy (non-hydrogen) atoms. The molecule has 102 valence electrons. The van der Waals surface area contributed by atoms with Crippen LogP contribution < -0.4 is 0 Å². The van der Waals surface area contributed by atoms with Crippen molar-refractivity contribution in [1.29, 1.82) is 0 Å². The normalized spacial score (nSPS) is 18.7. The van der Waals surface area contributed by atoms with Crippen LogP contribution in [0.5, 0.6) is 0 Å². The highest BCUT2D eigenvalue weighted by atomic mass is 16.6. The molecule has 0 aromatic carbocycles. The Morgan fingerprint density at radius 3 is 2.84 bits per heavy atom. The second-order valence-corrected chi connectivity index (χ2v) is 5.76. The lowest BCUT2D eigenvalue weighted by molar-refractivity contribution is 0.0167. The Bertz CT molecular complexity index is 536. The van der Waals surface area contributed by atoms with Gasteiger partial charge >= 0.3 is 6.09 Å². The second-order valence-electron chi connectivity index (χ2n) is 5.76. The van der Waals surface area contributed by atoms with Crippen LogP contribution >= 0.6 is 0 Å². The summed E-state index contributed by atoms with van der Waals surface area (Å²) in [5.74, 6) is 0.368. The molecule has 0 N–H and O–H groups in total. The highest BCUT2D eigenvalue weighted by Gasteiger charge is 2.31. The molecule has 0 fully saturated rings. The van der Waals surface area contributed by atoms with Gasteiger partial charge in [0, 0.05) is 6.54 Å². The van der Waals surface area contributed by atoms with E-state index in [4.69, 9.17) is 11.3 Å². The zero-order valence-electron chi connectivity index (χ0n) is 11.7. The number of ether oxygens (including phenoxy) is 1. The fourth-order valence-corrected chi connectivity index (χ4v) is 2.09. The predicted octanol–water partition coefficient (Wildman–Crippen LogP) is 2.75. The average Bonchev–Trinajstić information content (AvgIpc) is 2.70. The highest BCUT2D eigenvalue weighted by Crippen LogP contribution is 2.25. The maximum Gasteiger partial charge on any atom is 0.410 e. The van der Waals surface area contributed by atoms with E-state index in [0.29, 0.717) is 18.9 Å². The van der Waals surface area contributed by atoms with Crippen molar-refractivity contribution in [3.63, 3.8) is 0 Å². The summed E-state index contributed by atoms with van der Waals surface area (Å²) in [4.78, 5) is 17.0. The molecule has 6 heteroatoms. The van der Waals surface area contributed by atoms with E-state index in [1.165, 1.54) is 0 Å². The smallest absolute Gasteiger partial charge is 0.410 e. The number of rotatable bonds is 0. The van der Waals surface area contributed by atoms with Crippen LogP contribution in [0.15, 0.2) is 6.07 Å². The fourth-order valence-electron chi connectivity index (χ4n) is 2.09. The molecule has 1 aliphatic rings. The number of carbonyl (C=O) groups excluding carboxylic acids is 1. The van der Waals surface area contributed by atoms with Crippen LogP contribution in [0.2, 0.25) is 0 Å². The first kappa shape index (κ1) is 13.4. The molecule has 0 saturated heterocycles. The molecule has 0 aliphatic carbocycles. The summed E-state index contributed by atoms with van der Waals surface area (Å²) in [7, 11) is 0. The molecule has 1 amide bonds. The molecule has 1 aliphatic heterocycles. The van der Waals surface area contributed by atoms with E-state index < -0.39 is 5.60 Å². The molecule has 1 aromatic rings. The monoisotopic (exact) mass is 262 g/mol. The zero-order chi connectivity index (χ0) is 14.2. The second kappa shape index (κ2) is 4.57. The van der Waals surface area contributed by atoms with E-state index in [9.17, 15) is 4.79 Å². The molecule has 2 heterocycles. The van der Waals surface area contributed by atoms with Gasteiger partial charge in [0.25, 0.3) is 5.82 Å². The molecule has 6 nitrogen and oxygen atoms in total. The van der Waals surface area contributed by atoms with Crippen LogP contribution in [0.1, 0.15) is 39.4 Å². The minimum absolute atomic E-state index is 0.0479. The molecule has 0 bridgehead atoms. The Kier molecular flexibility index (Phi) is 3.23. The van der Waals surface area contributed by atoms with Gasteiger partial charge in [0.2, 0.25) is 0 Å². The summed E-state index contributed by atoms with van der Waals surface area (Å²) in [5, 5.41) is 4.20. The molecular formula is C13H18N4O2. The molecular weight excluding hydrogens is 244 g/mol. The van der Waals surface area contributed by atoms with Gasteiger partial charge in [-0.05, 0) is 38.9 Å². The van der Waals surface area contributed by atoms with E-state index in [1.54, 1.807) is 11.0 Å². The van der Waals surface area contributed by atoms with Crippen molar-refractivity contribution in [2.24, 2.45) is 0 Å². The summed E-state index contributed by atoms with van der Waals surface area (Å²) in [6.07, 6.45) is -0.323. The van der Waals surface area contributed by atoms with Gasteiger partial charge in [-0.3, -0.25) is 0 Å². The van der Waals surface area contributed by atoms with E-state index in [-0.39, 0.29) is 12.1 Å². The standard InChI is InChI=1S/C13H18N4O2/c1-9-7-16(12(18)19-13(2,3)4)8-10-6-11(14-5)15-17(9)10/h6,9H,7-8H2,1-4H3/t9-/m1/s1. The quantitative estimate of drug-likeness (QED) is 0.675. The van der Waals surface area contributed by atoms with Crippen molar-refractivity contribution in [3.05, 3.63) is 23.2 Å². The van der Waals surface area contributed by atoms with Crippen molar-refractivity contribution in [2.45, 2.75) is 45.9 Å². The SMILES string of the molecule is [C-]#[N+]c1cc2n(n1)[C@H](C)CN(C(=O)OC(C)(C)C)C2. The van der Waals surface area contributed by atoms with Gasteiger partial charge in [0.05, 0.1) is 18.3 Å². The number of fused-ring (bicyclic) bond motifs is 1. The number of amides is 1. The third-order valence-corrected chi connectivity index (χ3v) is 2.82. The summed E-state index contributed by atoms with van der Waals surface area (Å²) in [6, 6.07) is 1.77. The van der Waals surface area contributed by atoms with E-state index in [2.05, 4.69) is 9.94 Å². The summed E-state index contributed by atoms with van der Waals surface area (Å²) < 4.78 is 7.18. The predicted molar refractivity (Wildman–Crippen MR) is 69.8 cm³/mol. The molecule has 1 aromatic heterocycles. The number of aromatic nitrogens is 2. The van der Waals surface area contributed by atoms with Gasteiger partial charge in [-0.1, -0.05) is 6.57 Å². The Hall–Kier alpha value is -2.03.